The number of hydrogen-bond donors (Lipinski definition) is 8. The van der Waals surface area contributed by atoms with E-state index in [1.807, 2.05) is 0 Å². The molecule has 13 heteroatoms. The van der Waals surface area contributed by atoms with E-state index in [1.165, 1.54) is 6.92 Å². The molecule has 3 amide bonds. The maximum atomic E-state index is 12.7. The molecule has 188 valence electrons. The van der Waals surface area contributed by atoms with Gasteiger partial charge in [0.25, 0.3) is 0 Å². The number of carbonyl (C=O) groups is 4. The lowest BCUT2D eigenvalue weighted by atomic mass is 10.0. The molecule has 13 nitrogen and oxygen atoms in total. The maximum Gasteiger partial charge on any atom is 0.328 e. The van der Waals surface area contributed by atoms with Crippen molar-refractivity contribution in [3.05, 3.63) is 35.9 Å². The summed E-state index contributed by atoms with van der Waals surface area (Å²) in [6.45, 7) is 1.08. The van der Waals surface area contributed by atoms with Crippen LogP contribution in [0.1, 0.15) is 25.3 Å². The van der Waals surface area contributed by atoms with Crippen LogP contribution in [0.3, 0.4) is 0 Å². The van der Waals surface area contributed by atoms with E-state index in [0.29, 0.717) is 24.9 Å². The molecule has 0 bridgehead atoms. The zero-order valence-electron chi connectivity index (χ0n) is 18.9. The predicted octanol–water partition coefficient (Wildman–Crippen LogP) is -2.84. The topological polar surface area (TPSA) is 235 Å². The number of carboxylic acid groups (broad SMARTS) is 1. The number of aliphatic imine (C=N–C) groups is 1. The Balaban J connectivity index is 2.72. The second-order valence-electron chi connectivity index (χ2n) is 7.65. The number of carbonyl (C=O) groups excluding carboxylic acids is 3. The van der Waals surface area contributed by atoms with Gasteiger partial charge in [0.05, 0.1) is 18.7 Å². The number of nitrogens with zero attached hydrogens (tertiary/aromatic N) is 1. The highest BCUT2D eigenvalue weighted by Gasteiger charge is 2.29. The zero-order chi connectivity index (χ0) is 25.7. The number of benzene rings is 1. The number of amides is 3. The minimum absolute atomic E-state index is 0.0583. The van der Waals surface area contributed by atoms with Crippen molar-refractivity contribution >= 4 is 29.7 Å². The number of aliphatic hydroxyl groups is 1. The number of aliphatic carboxylic acids is 1. The standard InChI is InChI=1S/C21H33N7O6/c1-12(29)17(20(33)34)28-19(32)15(10-13-6-3-2-4-7-13)27-16(30)11-26-18(31)14(22)8-5-9-25-21(23)24/h2-4,6-7,12,14-15,17,29H,5,8-11,22H2,1H3,(H,26,31)(H,27,30)(H,28,32)(H,33,34)(H4,23,24,25). The average Bonchev–Trinajstić information content (AvgIpc) is 2.77. The van der Waals surface area contributed by atoms with Gasteiger partial charge in [0.2, 0.25) is 17.7 Å². The highest BCUT2D eigenvalue weighted by atomic mass is 16.4. The third-order valence-electron chi connectivity index (χ3n) is 4.71. The zero-order valence-corrected chi connectivity index (χ0v) is 18.9. The summed E-state index contributed by atoms with van der Waals surface area (Å²) in [5.41, 5.74) is 16.9. The summed E-state index contributed by atoms with van der Waals surface area (Å²) in [5, 5.41) is 25.9. The summed E-state index contributed by atoms with van der Waals surface area (Å²) in [5.74, 6) is -3.53. The van der Waals surface area contributed by atoms with Crippen LogP contribution >= 0.6 is 0 Å². The fourth-order valence-corrected chi connectivity index (χ4v) is 2.90. The minimum Gasteiger partial charge on any atom is -0.480 e. The van der Waals surface area contributed by atoms with Crippen molar-refractivity contribution in [1.82, 2.24) is 16.0 Å². The molecule has 1 aromatic rings. The Morgan fingerprint density at radius 2 is 1.71 bits per heavy atom. The van der Waals surface area contributed by atoms with E-state index in [0.717, 1.165) is 0 Å². The monoisotopic (exact) mass is 479 g/mol. The summed E-state index contributed by atoms with van der Waals surface area (Å²) in [6, 6.07) is 5.15. The van der Waals surface area contributed by atoms with Crippen LogP contribution in [0.25, 0.3) is 0 Å². The third-order valence-corrected chi connectivity index (χ3v) is 4.71. The van der Waals surface area contributed by atoms with E-state index < -0.39 is 54.5 Å². The van der Waals surface area contributed by atoms with Crippen LogP contribution in [0.4, 0.5) is 0 Å². The quantitative estimate of drug-likeness (QED) is 0.0778. The van der Waals surface area contributed by atoms with Gasteiger partial charge < -0.3 is 43.4 Å². The highest BCUT2D eigenvalue weighted by Crippen LogP contribution is 2.05. The van der Waals surface area contributed by atoms with Crippen LogP contribution in [-0.4, -0.2) is 77.2 Å². The molecule has 34 heavy (non-hydrogen) atoms. The summed E-state index contributed by atoms with van der Waals surface area (Å²) < 4.78 is 0. The lowest BCUT2D eigenvalue weighted by Gasteiger charge is -2.23. The fraction of sp³-hybridized carbons (Fsp3) is 0.476. The fourth-order valence-electron chi connectivity index (χ4n) is 2.90. The van der Waals surface area contributed by atoms with Crippen molar-refractivity contribution in [3.63, 3.8) is 0 Å². The lowest BCUT2D eigenvalue weighted by Crippen LogP contribution is -2.56. The van der Waals surface area contributed by atoms with Gasteiger partial charge in [-0.2, -0.15) is 0 Å². The molecule has 4 atom stereocenters. The molecule has 0 fully saturated rings. The number of carboxylic acids is 1. The highest BCUT2D eigenvalue weighted by molar-refractivity contribution is 5.92. The summed E-state index contributed by atoms with van der Waals surface area (Å²) >= 11 is 0. The van der Waals surface area contributed by atoms with Crippen LogP contribution < -0.4 is 33.2 Å². The Labute approximate surface area is 197 Å². The minimum atomic E-state index is -1.56. The molecule has 0 spiro atoms. The Bertz CT molecular complexity index is 858. The van der Waals surface area contributed by atoms with Crippen LogP contribution in [-0.2, 0) is 25.6 Å². The van der Waals surface area contributed by atoms with E-state index >= 15 is 0 Å². The smallest absolute Gasteiger partial charge is 0.328 e. The van der Waals surface area contributed by atoms with Crippen LogP contribution in [0.15, 0.2) is 35.3 Å². The number of nitrogens with two attached hydrogens (primary N) is 3. The van der Waals surface area contributed by atoms with E-state index in [2.05, 4.69) is 20.9 Å². The molecular weight excluding hydrogens is 446 g/mol. The van der Waals surface area contributed by atoms with Crippen LogP contribution in [0.2, 0.25) is 0 Å². The summed E-state index contributed by atoms with van der Waals surface area (Å²) in [7, 11) is 0. The van der Waals surface area contributed by atoms with Gasteiger partial charge in [-0.05, 0) is 25.3 Å². The van der Waals surface area contributed by atoms with E-state index in [9.17, 15) is 29.4 Å². The molecule has 4 unspecified atom stereocenters. The maximum absolute atomic E-state index is 12.7. The SMILES string of the molecule is CC(O)C(NC(=O)C(Cc1ccccc1)NC(=O)CNC(=O)C(N)CCCN=C(N)N)C(=O)O. The number of guanidine groups is 1. The first kappa shape index (κ1) is 28.3. The second kappa shape index (κ2) is 14.4. The molecule has 0 saturated carbocycles. The van der Waals surface area contributed by atoms with E-state index in [1.54, 1.807) is 30.3 Å². The first-order valence-electron chi connectivity index (χ1n) is 10.6. The molecular formula is C21H33N7O6. The van der Waals surface area contributed by atoms with Crippen molar-refractivity contribution < 1.29 is 29.4 Å². The van der Waals surface area contributed by atoms with Crippen LogP contribution in [0, 0.1) is 0 Å². The van der Waals surface area contributed by atoms with Gasteiger partial charge in [0.1, 0.15) is 6.04 Å². The summed E-state index contributed by atoms with van der Waals surface area (Å²) in [6.07, 6.45) is -0.545. The number of aliphatic hydroxyl groups excluding tert-OH is 1. The number of rotatable bonds is 14. The normalized spacial score (nSPS) is 14.1. The molecule has 11 N–H and O–H groups in total. The molecule has 1 aromatic carbocycles. The van der Waals surface area contributed by atoms with Crippen molar-refractivity contribution in [2.45, 2.75) is 50.4 Å². The van der Waals surface area contributed by atoms with Crippen molar-refractivity contribution in [1.29, 1.82) is 0 Å². The molecule has 0 heterocycles. The second-order valence-corrected chi connectivity index (χ2v) is 7.65. The van der Waals surface area contributed by atoms with Gasteiger partial charge in [-0.1, -0.05) is 30.3 Å². The first-order valence-corrected chi connectivity index (χ1v) is 10.6. The van der Waals surface area contributed by atoms with Gasteiger partial charge in [-0.15, -0.1) is 0 Å². The Morgan fingerprint density at radius 1 is 1.06 bits per heavy atom. The first-order chi connectivity index (χ1) is 16.0. The molecule has 0 saturated heterocycles. The predicted molar refractivity (Wildman–Crippen MR) is 124 cm³/mol. The Hall–Kier alpha value is -3.71. The molecule has 0 aromatic heterocycles. The van der Waals surface area contributed by atoms with Gasteiger partial charge >= 0.3 is 5.97 Å². The Kier molecular flexibility index (Phi) is 12.0. The molecule has 0 aliphatic carbocycles. The third kappa shape index (κ3) is 10.7. The van der Waals surface area contributed by atoms with Gasteiger partial charge in [0, 0.05) is 13.0 Å². The van der Waals surface area contributed by atoms with Crippen molar-refractivity contribution in [2.24, 2.45) is 22.2 Å². The van der Waals surface area contributed by atoms with Gasteiger partial charge in [-0.25, -0.2) is 4.79 Å². The number of hydrogen-bond acceptors (Lipinski definition) is 7. The average molecular weight is 480 g/mol. The Morgan fingerprint density at radius 3 is 2.26 bits per heavy atom. The van der Waals surface area contributed by atoms with E-state index in [4.69, 9.17) is 17.2 Å². The van der Waals surface area contributed by atoms with Crippen LogP contribution in [0.5, 0.6) is 0 Å². The van der Waals surface area contributed by atoms with E-state index in [-0.39, 0.29) is 12.4 Å². The largest absolute Gasteiger partial charge is 0.480 e. The van der Waals surface area contributed by atoms with Gasteiger partial charge in [-0.3, -0.25) is 19.4 Å². The van der Waals surface area contributed by atoms with Crippen molar-refractivity contribution in [2.75, 3.05) is 13.1 Å². The summed E-state index contributed by atoms with van der Waals surface area (Å²) in [4.78, 5) is 52.3. The molecule has 1 rings (SSSR count). The lowest BCUT2D eigenvalue weighted by molar-refractivity contribution is -0.145. The molecule has 0 radical (unpaired) electrons. The molecule has 0 aliphatic heterocycles. The molecule has 0 aliphatic rings. The number of nitrogens with one attached hydrogen (secondary N) is 3. The van der Waals surface area contributed by atoms with Crippen molar-refractivity contribution in [3.8, 4) is 0 Å². The van der Waals surface area contributed by atoms with Gasteiger partial charge in [0.15, 0.2) is 12.0 Å².